The molecule has 3 heteroatoms. The van der Waals surface area contributed by atoms with Crippen LogP contribution in [0.5, 0.6) is 0 Å². The number of benzene rings is 2. The van der Waals surface area contributed by atoms with E-state index in [4.69, 9.17) is 0 Å². The maximum Gasteiger partial charge on any atom is 0.318 e. The van der Waals surface area contributed by atoms with Crippen LogP contribution in [0.1, 0.15) is 18.5 Å². The van der Waals surface area contributed by atoms with E-state index in [0.717, 1.165) is 11.1 Å². The number of hydrogen-bond donors (Lipinski definition) is 1. The molecule has 0 aliphatic heterocycles. The van der Waals surface area contributed by atoms with Crippen LogP contribution in [-0.2, 0) is 0 Å². The zero-order chi connectivity index (χ0) is 17.4. The monoisotopic (exact) mass is 320 g/mol. The lowest BCUT2D eigenvalue weighted by atomic mass is 10.0. The summed E-state index contributed by atoms with van der Waals surface area (Å²) in [6.07, 6.45) is 3.42. The molecule has 2 amide bonds. The number of carbonyl (C=O) groups is 1. The lowest BCUT2D eigenvalue weighted by molar-refractivity contribution is 0.205. The lowest BCUT2D eigenvalue weighted by Gasteiger charge is -2.23. The molecule has 24 heavy (non-hydrogen) atoms. The van der Waals surface area contributed by atoms with Crippen LogP contribution in [0.4, 0.5) is 4.79 Å². The van der Waals surface area contributed by atoms with Crippen LogP contribution in [0.15, 0.2) is 79.9 Å². The Hall–Kier alpha value is -2.81. The molecule has 124 valence electrons. The van der Waals surface area contributed by atoms with Gasteiger partial charge in [0.1, 0.15) is 0 Å². The number of carbonyl (C=O) groups excluding carboxylic acids is 1. The first-order valence-corrected chi connectivity index (χ1v) is 8.08. The molecule has 0 aliphatic carbocycles. The summed E-state index contributed by atoms with van der Waals surface area (Å²) in [5.41, 5.74) is 3.42. The first-order chi connectivity index (χ1) is 11.7. The minimum atomic E-state index is -0.116. The van der Waals surface area contributed by atoms with E-state index in [1.54, 1.807) is 17.1 Å². The van der Waals surface area contributed by atoms with Crippen LogP contribution < -0.4 is 5.32 Å². The standard InChI is InChI=1S/C21H24N2O/c1-4-15-23(16-5-2)21(24)22-17(3)18-11-13-20(14-12-18)19-9-7-6-8-10-19/h4-14,17H,1-2,15-16H2,3H3,(H,22,24). The van der Waals surface area contributed by atoms with Gasteiger partial charge in [0, 0.05) is 13.1 Å². The smallest absolute Gasteiger partial charge is 0.318 e. The van der Waals surface area contributed by atoms with Gasteiger partial charge in [0.05, 0.1) is 6.04 Å². The summed E-state index contributed by atoms with van der Waals surface area (Å²) in [5.74, 6) is 0. The van der Waals surface area contributed by atoms with Crippen LogP contribution in [0, 0.1) is 0 Å². The minimum Gasteiger partial charge on any atom is -0.331 e. The van der Waals surface area contributed by atoms with Gasteiger partial charge in [-0.2, -0.15) is 0 Å². The topological polar surface area (TPSA) is 32.3 Å². The fourth-order valence-electron chi connectivity index (χ4n) is 2.51. The Morgan fingerprint density at radius 3 is 2.08 bits per heavy atom. The van der Waals surface area contributed by atoms with E-state index < -0.39 is 0 Å². The second kappa shape index (κ2) is 8.73. The van der Waals surface area contributed by atoms with E-state index in [-0.39, 0.29) is 12.1 Å². The molecule has 3 nitrogen and oxygen atoms in total. The zero-order valence-electron chi connectivity index (χ0n) is 14.1. The van der Waals surface area contributed by atoms with Crippen LogP contribution in [-0.4, -0.2) is 24.0 Å². The zero-order valence-corrected chi connectivity index (χ0v) is 14.1. The van der Waals surface area contributed by atoms with Crippen molar-refractivity contribution < 1.29 is 4.79 Å². The molecule has 0 spiro atoms. The van der Waals surface area contributed by atoms with Crippen molar-refractivity contribution in [3.8, 4) is 11.1 Å². The number of amides is 2. The van der Waals surface area contributed by atoms with Crippen molar-refractivity contribution >= 4 is 6.03 Å². The van der Waals surface area contributed by atoms with Crippen LogP contribution in [0.3, 0.4) is 0 Å². The van der Waals surface area contributed by atoms with Gasteiger partial charge in [-0.3, -0.25) is 0 Å². The van der Waals surface area contributed by atoms with Gasteiger partial charge in [0.25, 0.3) is 0 Å². The maximum absolute atomic E-state index is 12.3. The van der Waals surface area contributed by atoms with Gasteiger partial charge in [0.2, 0.25) is 0 Å². The fraction of sp³-hybridized carbons (Fsp3) is 0.190. The molecule has 1 N–H and O–H groups in total. The molecule has 2 aromatic carbocycles. The minimum absolute atomic E-state index is 0.0700. The number of rotatable bonds is 7. The lowest BCUT2D eigenvalue weighted by Crippen LogP contribution is -2.41. The van der Waals surface area contributed by atoms with Gasteiger partial charge < -0.3 is 10.2 Å². The van der Waals surface area contributed by atoms with Gasteiger partial charge in [-0.25, -0.2) is 4.79 Å². The van der Waals surface area contributed by atoms with Crippen molar-refractivity contribution in [2.45, 2.75) is 13.0 Å². The van der Waals surface area contributed by atoms with Gasteiger partial charge in [-0.05, 0) is 23.6 Å². The highest BCUT2D eigenvalue weighted by Gasteiger charge is 2.14. The Balaban J connectivity index is 2.04. The highest BCUT2D eigenvalue weighted by molar-refractivity contribution is 5.75. The maximum atomic E-state index is 12.3. The van der Waals surface area contributed by atoms with E-state index >= 15 is 0 Å². The first kappa shape index (κ1) is 17.5. The van der Waals surface area contributed by atoms with Gasteiger partial charge >= 0.3 is 6.03 Å². The average Bonchev–Trinajstić information content (AvgIpc) is 2.62. The molecule has 1 atom stereocenters. The molecule has 2 aromatic rings. The van der Waals surface area contributed by atoms with Crippen LogP contribution >= 0.6 is 0 Å². The van der Waals surface area contributed by atoms with Crippen molar-refractivity contribution in [3.05, 3.63) is 85.5 Å². The van der Waals surface area contributed by atoms with Gasteiger partial charge in [-0.1, -0.05) is 66.7 Å². The number of nitrogens with zero attached hydrogens (tertiary/aromatic N) is 1. The number of nitrogens with one attached hydrogen (secondary N) is 1. The summed E-state index contributed by atoms with van der Waals surface area (Å²) < 4.78 is 0. The molecule has 0 radical (unpaired) electrons. The highest BCUT2D eigenvalue weighted by Crippen LogP contribution is 2.21. The molecule has 0 heterocycles. The normalized spacial score (nSPS) is 11.4. The largest absolute Gasteiger partial charge is 0.331 e. The van der Waals surface area contributed by atoms with E-state index in [0.29, 0.717) is 13.1 Å². The van der Waals surface area contributed by atoms with Crippen molar-refractivity contribution in [3.63, 3.8) is 0 Å². The summed E-state index contributed by atoms with van der Waals surface area (Å²) in [6, 6.07) is 18.3. The van der Waals surface area contributed by atoms with Gasteiger partial charge in [0.15, 0.2) is 0 Å². The molecular formula is C21H24N2O. The number of urea groups is 1. The van der Waals surface area contributed by atoms with Gasteiger partial charge in [-0.15, -0.1) is 13.2 Å². The molecule has 0 bridgehead atoms. The Morgan fingerprint density at radius 1 is 1.00 bits per heavy atom. The molecule has 0 aliphatic rings. The molecule has 1 unspecified atom stereocenters. The Bertz CT molecular complexity index is 667. The molecule has 0 saturated carbocycles. The molecule has 2 rings (SSSR count). The summed E-state index contributed by atoms with van der Waals surface area (Å²) in [6.45, 7) is 10.3. The SMILES string of the molecule is C=CCN(CC=C)C(=O)NC(C)c1ccc(-c2ccccc2)cc1. The van der Waals surface area contributed by atoms with E-state index in [1.165, 1.54) is 5.56 Å². The summed E-state index contributed by atoms with van der Waals surface area (Å²) in [5, 5.41) is 3.02. The van der Waals surface area contributed by atoms with Crippen molar-refractivity contribution in [2.24, 2.45) is 0 Å². The van der Waals surface area contributed by atoms with E-state index in [2.05, 4.69) is 54.9 Å². The summed E-state index contributed by atoms with van der Waals surface area (Å²) in [7, 11) is 0. The Morgan fingerprint density at radius 2 is 1.54 bits per heavy atom. The van der Waals surface area contributed by atoms with E-state index in [9.17, 15) is 4.79 Å². The third kappa shape index (κ3) is 4.59. The molecule has 0 saturated heterocycles. The summed E-state index contributed by atoms with van der Waals surface area (Å²) in [4.78, 5) is 14.0. The average molecular weight is 320 g/mol. The Kier molecular flexibility index (Phi) is 6.38. The Labute approximate surface area is 144 Å². The molecular weight excluding hydrogens is 296 g/mol. The third-order valence-corrected chi connectivity index (χ3v) is 3.84. The quantitative estimate of drug-likeness (QED) is 0.730. The number of hydrogen-bond acceptors (Lipinski definition) is 1. The molecule has 0 fully saturated rings. The second-order valence-electron chi connectivity index (χ2n) is 5.64. The summed E-state index contributed by atoms with van der Waals surface area (Å²) >= 11 is 0. The van der Waals surface area contributed by atoms with Crippen molar-refractivity contribution in [1.29, 1.82) is 0 Å². The van der Waals surface area contributed by atoms with Crippen LogP contribution in [0.25, 0.3) is 11.1 Å². The highest BCUT2D eigenvalue weighted by atomic mass is 16.2. The predicted octanol–water partition coefficient (Wildman–Crippen LogP) is 4.80. The first-order valence-electron chi connectivity index (χ1n) is 8.08. The third-order valence-electron chi connectivity index (χ3n) is 3.84. The van der Waals surface area contributed by atoms with Crippen molar-refractivity contribution in [2.75, 3.05) is 13.1 Å². The van der Waals surface area contributed by atoms with E-state index in [1.807, 2.05) is 25.1 Å². The fourth-order valence-corrected chi connectivity index (χ4v) is 2.51. The second-order valence-corrected chi connectivity index (χ2v) is 5.64. The predicted molar refractivity (Wildman–Crippen MR) is 101 cm³/mol. The van der Waals surface area contributed by atoms with Crippen LogP contribution in [0.2, 0.25) is 0 Å². The van der Waals surface area contributed by atoms with Crippen molar-refractivity contribution in [1.82, 2.24) is 10.2 Å². The molecule has 0 aromatic heterocycles.